The minimum atomic E-state index is -4.48. The van der Waals surface area contributed by atoms with Crippen LogP contribution in [0.25, 0.3) is 6.08 Å². The van der Waals surface area contributed by atoms with E-state index in [-0.39, 0.29) is 11.1 Å². The van der Waals surface area contributed by atoms with Crippen LogP contribution in [0.3, 0.4) is 0 Å². The zero-order valence-corrected chi connectivity index (χ0v) is 13.1. The molecule has 126 valence electrons. The van der Waals surface area contributed by atoms with Crippen LogP contribution in [-0.4, -0.2) is 20.0 Å². The average Bonchev–Trinajstić information content (AvgIpc) is 2.58. The zero-order chi connectivity index (χ0) is 17.7. The first-order valence-corrected chi connectivity index (χ1v) is 6.97. The molecule has 0 saturated carbocycles. The molecule has 3 nitrogen and oxygen atoms in total. The average molecular weight is 336 g/mol. The van der Waals surface area contributed by atoms with Crippen LogP contribution >= 0.6 is 0 Å². The lowest BCUT2D eigenvalue weighted by molar-refractivity contribution is -0.137. The van der Waals surface area contributed by atoms with Gasteiger partial charge < -0.3 is 9.47 Å². The summed E-state index contributed by atoms with van der Waals surface area (Å²) in [5.41, 5.74) is -0.575. The predicted octanol–water partition coefficient (Wildman–Crippen LogP) is 4.62. The van der Waals surface area contributed by atoms with E-state index in [9.17, 15) is 18.0 Å². The number of carbonyl (C=O) groups excluding carboxylic acids is 1. The minimum absolute atomic E-state index is 0.0705. The Kier molecular flexibility index (Phi) is 5.28. The molecule has 0 atom stereocenters. The lowest BCUT2D eigenvalue weighted by Gasteiger charge is -2.10. The van der Waals surface area contributed by atoms with E-state index in [0.29, 0.717) is 11.5 Å². The third-order valence-corrected chi connectivity index (χ3v) is 3.35. The predicted molar refractivity (Wildman–Crippen MR) is 84.4 cm³/mol. The molecule has 2 aromatic carbocycles. The molecular weight excluding hydrogens is 321 g/mol. The lowest BCUT2D eigenvalue weighted by Crippen LogP contribution is -2.07. The lowest BCUT2D eigenvalue weighted by atomic mass is 10.0. The summed E-state index contributed by atoms with van der Waals surface area (Å²) >= 11 is 0. The number of ether oxygens (including phenoxy) is 2. The molecule has 0 aliphatic heterocycles. The number of hydrogen-bond acceptors (Lipinski definition) is 3. The van der Waals surface area contributed by atoms with Gasteiger partial charge in [-0.2, -0.15) is 13.2 Å². The molecule has 0 amide bonds. The molecule has 2 rings (SSSR count). The first-order chi connectivity index (χ1) is 11.4. The number of benzene rings is 2. The summed E-state index contributed by atoms with van der Waals surface area (Å²) in [6.07, 6.45) is -2.22. The highest BCUT2D eigenvalue weighted by Crippen LogP contribution is 2.32. The third kappa shape index (κ3) is 3.95. The Bertz CT molecular complexity index is 764. The van der Waals surface area contributed by atoms with Gasteiger partial charge >= 0.3 is 6.18 Å². The van der Waals surface area contributed by atoms with E-state index in [2.05, 4.69) is 0 Å². The van der Waals surface area contributed by atoms with Gasteiger partial charge in [-0.1, -0.05) is 24.3 Å². The number of carbonyl (C=O) groups is 1. The molecule has 0 fully saturated rings. The van der Waals surface area contributed by atoms with Crippen LogP contribution in [0.1, 0.15) is 21.5 Å². The van der Waals surface area contributed by atoms with Crippen molar-refractivity contribution in [3.8, 4) is 11.5 Å². The molecule has 6 heteroatoms. The topological polar surface area (TPSA) is 35.5 Å². The number of allylic oxidation sites excluding steroid dienone is 1. The van der Waals surface area contributed by atoms with Crippen LogP contribution in [0.15, 0.2) is 48.5 Å². The number of ketones is 1. The highest BCUT2D eigenvalue weighted by Gasteiger charge is 2.32. The van der Waals surface area contributed by atoms with Crippen molar-refractivity contribution in [3.63, 3.8) is 0 Å². The maximum Gasteiger partial charge on any atom is 0.416 e. The number of methoxy groups -OCH3 is 2. The summed E-state index contributed by atoms with van der Waals surface area (Å²) in [7, 11) is 2.90. The van der Waals surface area contributed by atoms with E-state index >= 15 is 0 Å². The van der Waals surface area contributed by atoms with Gasteiger partial charge in [0.25, 0.3) is 0 Å². The molecule has 24 heavy (non-hydrogen) atoms. The summed E-state index contributed by atoms with van der Waals surface area (Å²) in [6, 6.07) is 9.61. The second-order valence-corrected chi connectivity index (χ2v) is 4.85. The monoisotopic (exact) mass is 336 g/mol. The highest BCUT2D eigenvalue weighted by molar-refractivity contribution is 6.07. The molecular formula is C18H15F3O3. The molecule has 0 saturated heterocycles. The molecule has 0 aliphatic rings. The number of alkyl halides is 3. The standard InChI is InChI=1S/C18H15F3O3/c1-23-16-10-8-13(11-17(16)24-2)15(22)9-7-12-5-3-4-6-14(12)18(19,20)21/h3-11H,1-2H3. The van der Waals surface area contributed by atoms with Crippen molar-refractivity contribution in [2.24, 2.45) is 0 Å². The Balaban J connectivity index is 2.29. The van der Waals surface area contributed by atoms with Crippen molar-refractivity contribution in [2.45, 2.75) is 6.18 Å². The van der Waals surface area contributed by atoms with Crippen LogP contribution < -0.4 is 9.47 Å². The summed E-state index contributed by atoms with van der Waals surface area (Å²) < 4.78 is 49.0. The molecule has 0 unspecified atom stereocenters. The van der Waals surface area contributed by atoms with Gasteiger partial charge in [-0.15, -0.1) is 0 Å². The second kappa shape index (κ2) is 7.21. The molecule has 0 heterocycles. The van der Waals surface area contributed by atoms with Gasteiger partial charge in [0.1, 0.15) is 0 Å². The molecule has 0 radical (unpaired) electrons. The fraction of sp³-hybridized carbons (Fsp3) is 0.167. The van der Waals surface area contributed by atoms with E-state index in [4.69, 9.17) is 9.47 Å². The Hall–Kier alpha value is -2.76. The SMILES string of the molecule is COc1ccc(C(=O)C=Cc2ccccc2C(F)(F)F)cc1OC. The quantitative estimate of drug-likeness (QED) is 0.590. The fourth-order valence-corrected chi connectivity index (χ4v) is 2.15. The number of halogens is 3. The molecule has 0 bridgehead atoms. The van der Waals surface area contributed by atoms with Gasteiger partial charge in [-0.05, 0) is 35.9 Å². The van der Waals surface area contributed by atoms with Gasteiger partial charge in [0.2, 0.25) is 0 Å². The Morgan fingerprint density at radius 2 is 1.67 bits per heavy atom. The molecule has 0 N–H and O–H groups in total. The van der Waals surface area contributed by atoms with E-state index < -0.39 is 17.5 Å². The maximum atomic E-state index is 12.9. The Morgan fingerprint density at radius 3 is 2.29 bits per heavy atom. The van der Waals surface area contributed by atoms with Gasteiger partial charge in [0.15, 0.2) is 17.3 Å². The summed E-state index contributed by atoms with van der Waals surface area (Å²) in [5.74, 6) is 0.390. The van der Waals surface area contributed by atoms with Crippen LogP contribution in [-0.2, 0) is 6.18 Å². The van der Waals surface area contributed by atoms with Gasteiger partial charge in [-0.25, -0.2) is 0 Å². The first-order valence-electron chi connectivity index (χ1n) is 6.97. The van der Waals surface area contributed by atoms with Crippen LogP contribution in [0.2, 0.25) is 0 Å². The molecule has 0 aliphatic carbocycles. The summed E-state index contributed by atoms with van der Waals surface area (Å²) in [5, 5.41) is 0. The Labute approximate surface area is 137 Å². The summed E-state index contributed by atoms with van der Waals surface area (Å²) in [4.78, 5) is 12.2. The largest absolute Gasteiger partial charge is 0.493 e. The van der Waals surface area contributed by atoms with E-state index in [0.717, 1.165) is 18.2 Å². The fourth-order valence-electron chi connectivity index (χ4n) is 2.15. The van der Waals surface area contributed by atoms with Crippen molar-refractivity contribution in [1.29, 1.82) is 0 Å². The van der Waals surface area contributed by atoms with Crippen LogP contribution in [0.4, 0.5) is 13.2 Å². The van der Waals surface area contributed by atoms with E-state index in [1.807, 2.05) is 0 Å². The van der Waals surface area contributed by atoms with Crippen molar-refractivity contribution in [2.75, 3.05) is 14.2 Å². The van der Waals surface area contributed by atoms with E-state index in [1.54, 1.807) is 6.07 Å². The smallest absolute Gasteiger partial charge is 0.416 e. The summed E-state index contributed by atoms with van der Waals surface area (Å²) in [6.45, 7) is 0. The van der Waals surface area contributed by atoms with Crippen LogP contribution in [0, 0.1) is 0 Å². The molecule has 2 aromatic rings. The van der Waals surface area contributed by atoms with Crippen molar-refractivity contribution >= 4 is 11.9 Å². The zero-order valence-electron chi connectivity index (χ0n) is 13.1. The molecule has 0 aromatic heterocycles. The highest BCUT2D eigenvalue weighted by atomic mass is 19.4. The number of hydrogen-bond donors (Lipinski definition) is 0. The minimum Gasteiger partial charge on any atom is -0.493 e. The van der Waals surface area contributed by atoms with Crippen LogP contribution in [0.5, 0.6) is 11.5 Å². The molecule has 0 spiro atoms. The van der Waals surface area contributed by atoms with Gasteiger partial charge in [-0.3, -0.25) is 4.79 Å². The second-order valence-electron chi connectivity index (χ2n) is 4.85. The maximum absolute atomic E-state index is 12.9. The third-order valence-electron chi connectivity index (χ3n) is 3.35. The normalized spacial score (nSPS) is 11.5. The van der Waals surface area contributed by atoms with E-state index in [1.165, 1.54) is 44.6 Å². The Morgan fingerprint density at radius 1 is 1.00 bits per heavy atom. The van der Waals surface area contributed by atoms with Crippen molar-refractivity contribution in [3.05, 3.63) is 65.2 Å². The first kappa shape index (κ1) is 17.6. The van der Waals surface area contributed by atoms with Crippen molar-refractivity contribution < 1.29 is 27.4 Å². The van der Waals surface area contributed by atoms with Gasteiger partial charge in [0.05, 0.1) is 19.8 Å². The number of rotatable bonds is 5. The van der Waals surface area contributed by atoms with Crippen molar-refractivity contribution in [1.82, 2.24) is 0 Å². The van der Waals surface area contributed by atoms with Gasteiger partial charge in [0, 0.05) is 5.56 Å².